The number of rotatable bonds is 1. The van der Waals surface area contributed by atoms with Gasteiger partial charge in [-0.1, -0.05) is 28.1 Å². The zero-order valence-corrected chi connectivity index (χ0v) is 9.29. The van der Waals surface area contributed by atoms with E-state index in [0.717, 1.165) is 24.1 Å². The largest absolute Gasteiger partial charge is 0.378 e. The summed E-state index contributed by atoms with van der Waals surface area (Å²) in [6.45, 7) is 1.55. The van der Waals surface area contributed by atoms with Gasteiger partial charge >= 0.3 is 0 Å². The van der Waals surface area contributed by atoms with Crippen LogP contribution in [0.1, 0.15) is 12.0 Å². The molecule has 2 heterocycles. The van der Waals surface area contributed by atoms with Crippen molar-refractivity contribution in [3.05, 3.63) is 34.3 Å². The Morgan fingerprint density at radius 2 is 2.36 bits per heavy atom. The lowest BCUT2D eigenvalue weighted by atomic mass is 9.91. The van der Waals surface area contributed by atoms with Crippen LogP contribution in [-0.4, -0.2) is 19.3 Å². The van der Waals surface area contributed by atoms with Gasteiger partial charge in [0.25, 0.3) is 0 Å². The Kier molecular flexibility index (Phi) is 1.94. The minimum Gasteiger partial charge on any atom is -0.378 e. The van der Waals surface area contributed by atoms with Gasteiger partial charge in [-0.3, -0.25) is 0 Å². The zero-order valence-electron chi connectivity index (χ0n) is 7.70. The van der Waals surface area contributed by atoms with Crippen molar-refractivity contribution in [1.29, 1.82) is 0 Å². The van der Waals surface area contributed by atoms with Crippen LogP contribution in [-0.2, 0) is 15.1 Å². The third-order valence-corrected chi connectivity index (χ3v) is 3.51. The lowest BCUT2D eigenvalue weighted by molar-refractivity contribution is 0.0975. The first-order chi connectivity index (χ1) is 6.81. The average Bonchev–Trinajstić information content (AvgIpc) is 2.93. The molecule has 0 aliphatic carbocycles. The van der Waals surface area contributed by atoms with Crippen molar-refractivity contribution in [3.8, 4) is 0 Å². The van der Waals surface area contributed by atoms with E-state index >= 15 is 0 Å². The Labute approximate surface area is 91.3 Å². The Balaban J connectivity index is 1.95. The van der Waals surface area contributed by atoms with Gasteiger partial charge in [0.15, 0.2) is 0 Å². The van der Waals surface area contributed by atoms with Crippen LogP contribution in [0.4, 0.5) is 0 Å². The number of benzene rings is 1. The zero-order chi connectivity index (χ0) is 9.60. The maximum absolute atomic E-state index is 5.76. The van der Waals surface area contributed by atoms with E-state index in [-0.39, 0.29) is 11.7 Å². The van der Waals surface area contributed by atoms with Crippen LogP contribution in [0.15, 0.2) is 28.7 Å². The molecule has 0 amide bonds. The summed E-state index contributed by atoms with van der Waals surface area (Å²) in [5, 5.41) is 0. The summed E-state index contributed by atoms with van der Waals surface area (Å²) in [5.41, 5.74) is 1.25. The minimum absolute atomic E-state index is 0.0258. The van der Waals surface area contributed by atoms with Gasteiger partial charge in [-0.25, -0.2) is 0 Å². The highest BCUT2D eigenvalue weighted by Gasteiger charge is 2.59. The molecule has 0 radical (unpaired) electrons. The smallest absolute Gasteiger partial charge is 0.124 e. The van der Waals surface area contributed by atoms with E-state index in [1.54, 1.807) is 0 Å². The number of ether oxygens (including phenoxy) is 2. The van der Waals surface area contributed by atoms with E-state index in [1.165, 1.54) is 5.56 Å². The number of epoxide rings is 1. The predicted octanol–water partition coefficient (Wildman–Crippen LogP) is 2.46. The fraction of sp³-hybridized carbons (Fsp3) is 0.455. The topological polar surface area (TPSA) is 21.8 Å². The fourth-order valence-electron chi connectivity index (χ4n) is 2.17. The number of fused-ring (bicyclic) bond motifs is 1. The van der Waals surface area contributed by atoms with Crippen molar-refractivity contribution >= 4 is 15.9 Å². The molecule has 1 aromatic carbocycles. The van der Waals surface area contributed by atoms with Crippen LogP contribution in [0.5, 0.6) is 0 Å². The Bertz CT molecular complexity index is 366. The van der Waals surface area contributed by atoms with E-state index in [4.69, 9.17) is 9.47 Å². The summed E-state index contributed by atoms with van der Waals surface area (Å²) >= 11 is 3.48. The summed E-state index contributed by atoms with van der Waals surface area (Å²) in [4.78, 5) is 0. The molecule has 0 unspecified atom stereocenters. The molecule has 0 spiro atoms. The molecular weight excluding hydrogens is 244 g/mol. The fourth-order valence-corrected chi connectivity index (χ4v) is 2.57. The average molecular weight is 255 g/mol. The van der Waals surface area contributed by atoms with E-state index in [1.807, 2.05) is 6.07 Å². The first kappa shape index (κ1) is 8.89. The molecule has 2 fully saturated rings. The van der Waals surface area contributed by atoms with Gasteiger partial charge in [-0.05, 0) is 17.7 Å². The standard InChI is InChI=1S/C11H11BrO2/c12-9-3-1-2-8(6-9)11-4-5-13-7-10(11)14-11/h1-3,6,10H,4-5,7H2/t10-,11+/m1/s1. The monoisotopic (exact) mass is 254 g/mol. The molecule has 14 heavy (non-hydrogen) atoms. The van der Waals surface area contributed by atoms with E-state index in [0.29, 0.717) is 0 Å². The van der Waals surface area contributed by atoms with Crippen molar-refractivity contribution in [2.24, 2.45) is 0 Å². The van der Waals surface area contributed by atoms with Gasteiger partial charge in [0, 0.05) is 17.5 Å². The SMILES string of the molecule is Brc1cccc([C@@]23CCOC[C@H]2O3)c1. The summed E-state index contributed by atoms with van der Waals surface area (Å²) in [6, 6.07) is 8.38. The van der Waals surface area contributed by atoms with Gasteiger partial charge in [0.1, 0.15) is 11.7 Å². The van der Waals surface area contributed by atoms with Crippen LogP contribution >= 0.6 is 15.9 Å². The maximum Gasteiger partial charge on any atom is 0.124 e. The molecule has 0 bridgehead atoms. The third-order valence-electron chi connectivity index (χ3n) is 3.02. The number of hydrogen-bond donors (Lipinski definition) is 0. The van der Waals surface area contributed by atoms with Crippen molar-refractivity contribution in [1.82, 2.24) is 0 Å². The second-order valence-electron chi connectivity index (χ2n) is 3.83. The molecule has 0 saturated carbocycles. The predicted molar refractivity (Wildman–Crippen MR) is 56.1 cm³/mol. The molecule has 74 valence electrons. The number of hydrogen-bond acceptors (Lipinski definition) is 2. The number of halogens is 1. The van der Waals surface area contributed by atoms with Crippen LogP contribution in [0, 0.1) is 0 Å². The normalized spacial score (nSPS) is 35.1. The van der Waals surface area contributed by atoms with Crippen LogP contribution < -0.4 is 0 Å². The van der Waals surface area contributed by atoms with Gasteiger partial charge in [0.2, 0.25) is 0 Å². The lowest BCUT2D eigenvalue weighted by Gasteiger charge is -2.18. The minimum atomic E-state index is -0.0258. The summed E-state index contributed by atoms with van der Waals surface area (Å²) < 4.78 is 12.2. The molecule has 2 nitrogen and oxygen atoms in total. The van der Waals surface area contributed by atoms with E-state index < -0.39 is 0 Å². The molecule has 2 aliphatic heterocycles. The Morgan fingerprint density at radius 1 is 1.43 bits per heavy atom. The van der Waals surface area contributed by atoms with Crippen molar-refractivity contribution in [2.75, 3.05) is 13.2 Å². The second-order valence-corrected chi connectivity index (χ2v) is 4.75. The molecular formula is C11H11BrO2. The Hall–Kier alpha value is -0.380. The highest BCUT2D eigenvalue weighted by atomic mass is 79.9. The first-order valence-corrected chi connectivity index (χ1v) is 5.62. The van der Waals surface area contributed by atoms with Crippen molar-refractivity contribution in [3.63, 3.8) is 0 Å². The van der Waals surface area contributed by atoms with Crippen LogP contribution in [0.3, 0.4) is 0 Å². The molecule has 0 aromatic heterocycles. The highest BCUT2D eigenvalue weighted by Crippen LogP contribution is 2.51. The van der Waals surface area contributed by atoms with Gasteiger partial charge in [-0.2, -0.15) is 0 Å². The van der Waals surface area contributed by atoms with Gasteiger partial charge in [0.05, 0.1) is 6.61 Å². The van der Waals surface area contributed by atoms with E-state index in [9.17, 15) is 0 Å². The molecule has 3 heteroatoms. The van der Waals surface area contributed by atoms with Crippen molar-refractivity contribution in [2.45, 2.75) is 18.1 Å². The maximum atomic E-state index is 5.76. The second kappa shape index (κ2) is 3.05. The van der Waals surface area contributed by atoms with Gasteiger partial charge < -0.3 is 9.47 Å². The van der Waals surface area contributed by atoms with Gasteiger partial charge in [-0.15, -0.1) is 0 Å². The third kappa shape index (κ3) is 1.23. The van der Waals surface area contributed by atoms with Crippen LogP contribution in [0.25, 0.3) is 0 Å². The summed E-state index contributed by atoms with van der Waals surface area (Å²) in [6.07, 6.45) is 1.26. The van der Waals surface area contributed by atoms with E-state index in [2.05, 4.69) is 34.1 Å². The first-order valence-electron chi connectivity index (χ1n) is 4.83. The molecule has 2 saturated heterocycles. The highest BCUT2D eigenvalue weighted by molar-refractivity contribution is 9.10. The van der Waals surface area contributed by atoms with Crippen molar-refractivity contribution < 1.29 is 9.47 Å². The summed E-state index contributed by atoms with van der Waals surface area (Å²) in [5.74, 6) is 0. The quantitative estimate of drug-likeness (QED) is 0.719. The molecule has 2 aliphatic rings. The molecule has 2 atom stereocenters. The van der Waals surface area contributed by atoms with Crippen LogP contribution in [0.2, 0.25) is 0 Å². The molecule has 1 aromatic rings. The molecule has 0 N–H and O–H groups in total. The lowest BCUT2D eigenvalue weighted by Crippen LogP contribution is -2.24. The Morgan fingerprint density at radius 3 is 3.14 bits per heavy atom. The molecule has 3 rings (SSSR count). The summed E-state index contributed by atoms with van der Waals surface area (Å²) in [7, 11) is 0.